The van der Waals surface area contributed by atoms with Crippen molar-refractivity contribution >= 4 is 28.8 Å². The molecule has 2 heterocycles. The molecule has 0 spiro atoms. The molecule has 0 bridgehead atoms. The third-order valence-corrected chi connectivity index (χ3v) is 8.97. The number of aliphatic carboxylic acids is 1. The highest BCUT2D eigenvalue weighted by Crippen LogP contribution is 2.39. The zero-order valence-corrected chi connectivity index (χ0v) is 29.2. The van der Waals surface area contributed by atoms with Crippen LogP contribution >= 0.6 is 0 Å². The lowest BCUT2D eigenvalue weighted by Gasteiger charge is -2.26. The van der Waals surface area contributed by atoms with Gasteiger partial charge in [0.05, 0.1) is 31.4 Å². The Morgan fingerprint density at radius 2 is 1.80 bits per heavy atom. The average Bonchev–Trinajstić information content (AvgIpc) is 3.62. The molecule has 49 heavy (non-hydrogen) atoms. The van der Waals surface area contributed by atoms with Gasteiger partial charge in [0.15, 0.2) is 12.1 Å². The highest BCUT2D eigenvalue weighted by molar-refractivity contribution is 5.89. The number of benzene rings is 2. The molecule has 1 saturated heterocycles. The van der Waals surface area contributed by atoms with E-state index in [0.717, 1.165) is 35.7 Å². The van der Waals surface area contributed by atoms with E-state index in [-0.39, 0.29) is 49.0 Å². The van der Waals surface area contributed by atoms with E-state index < -0.39 is 23.3 Å². The standard InChI is InChI=1S/C38H44N2O8.ClH/c1-38(2,3)29(36(42)43)21-33(41)48-32-19-25(32)15-9-6-10-17-28-34(46-23-24-13-7-5-8-14-24)27-16-11-12-18-30(27)40-35(28)47-26-20-31(39-22-26)37(44)45-4;/h5,7-8,11-14,16,18,25-26,29,31-32,39H,6,9,15,19-23H2,1-4H3,(H,42,43);1H/t25-,26-,29-,31+,32-;/m1./s1. The molecule has 2 aliphatic rings. The molecule has 3 N–H and O–H groups in total. The molecule has 10 nitrogen and oxygen atoms in total. The van der Waals surface area contributed by atoms with Gasteiger partial charge in [0.25, 0.3) is 0 Å². The Labute approximate surface area is 293 Å². The number of fused-ring (bicyclic) bond motifs is 1. The molecular formula is C38H45ClN2O8. The van der Waals surface area contributed by atoms with Crippen molar-refractivity contribution < 1.29 is 56.2 Å². The number of rotatable bonds is 13. The Morgan fingerprint density at radius 1 is 1.06 bits per heavy atom. The van der Waals surface area contributed by atoms with E-state index in [2.05, 4.69) is 11.8 Å². The largest absolute Gasteiger partial charge is 1.00 e. The number of hydrogen-bond acceptors (Lipinski definition) is 8. The number of esters is 2. The van der Waals surface area contributed by atoms with Gasteiger partial charge in [-0.2, -0.15) is 0 Å². The maximum absolute atomic E-state index is 12.5. The summed E-state index contributed by atoms with van der Waals surface area (Å²) in [6.07, 6.45) is 2.98. The predicted octanol–water partition coefficient (Wildman–Crippen LogP) is 1.66. The Hall–Kier alpha value is -4.33. The second kappa shape index (κ2) is 16.9. The first kappa shape index (κ1) is 37.5. The number of methoxy groups -OCH3 is 1. The molecule has 262 valence electrons. The summed E-state index contributed by atoms with van der Waals surface area (Å²) < 4.78 is 23.4. The number of pyridine rings is 1. The van der Waals surface area contributed by atoms with E-state index >= 15 is 0 Å². The Bertz CT molecular complexity index is 1680. The minimum Gasteiger partial charge on any atom is -1.00 e. The van der Waals surface area contributed by atoms with Crippen LogP contribution in [0.4, 0.5) is 0 Å². The molecule has 2 aromatic carbocycles. The van der Waals surface area contributed by atoms with Gasteiger partial charge >= 0.3 is 17.9 Å². The molecular weight excluding hydrogens is 648 g/mol. The number of unbranched alkanes of at least 4 members (excludes halogenated alkanes) is 1. The zero-order valence-electron chi connectivity index (χ0n) is 28.4. The summed E-state index contributed by atoms with van der Waals surface area (Å²) in [4.78, 5) is 41.1. The molecule has 1 aromatic heterocycles. The molecule has 0 amide bonds. The van der Waals surface area contributed by atoms with Crippen LogP contribution in [-0.4, -0.2) is 59.9 Å². The molecule has 5 atom stereocenters. The van der Waals surface area contributed by atoms with Gasteiger partial charge in [-0.25, -0.2) is 9.78 Å². The molecule has 0 radical (unpaired) electrons. The van der Waals surface area contributed by atoms with E-state index in [0.29, 0.717) is 43.2 Å². The lowest BCUT2D eigenvalue weighted by molar-refractivity contribution is -0.660. The number of aromatic nitrogens is 1. The summed E-state index contributed by atoms with van der Waals surface area (Å²) >= 11 is 0. The van der Waals surface area contributed by atoms with E-state index in [4.69, 9.17) is 23.9 Å². The van der Waals surface area contributed by atoms with Gasteiger partial charge in [-0.05, 0) is 48.3 Å². The van der Waals surface area contributed by atoms with E-state index in [1.54, 1.807) is 0 Å². The van der Waals surface area contributed by atoms with Gasteiger partial charge in [-0.1, -0.05) is 75.1 Å². The van der Waals surface area contributed by atoms with Crippen LogP contribution in [0, 0.1) is 29.1 Å². The molecule has 1 aliphatic heterocycles. The van der Waals surface area contributed by atoms with Gasteiger partial charge < -0.3 is 41.8 Å². The van der Waals surface area contributed by atoms with E-state index in [9.17, 15) is 19.5 Å². The molecule has 3 aromatic rings. The number of carbonyl (C=O) groups is 3. The number of para-hydroxylation sites is 1. The van der Waals surface area contributed by atoms with Crippen molar-refractivity contribution in [3.63, 3.8) is 0 Å². The van der Waals surface area contributed by atoms with Crippen LogP contribution in [0.1, 0.15) is 70.4 Å². The number of carboxylic acids is 1. The lowest BCUT2D eigenvalue weighted by atomic mass is 9.79. The molecule has 1 aliphatic carbocycles. The predicted molar refractivity (Wildman–Crippen MR) is 178 cm³/mol. The minimum absolute atomic E-state index is 0. The zero-order chi connectivity index (χ0) is 34.3. The molecule has 5 rings (SSSR count). The first-order valence-electron chi connectivity index (χ1n) is 16.6. The summed E-state index contributed by atoms with van der Waals surface area (Å²) in [7, 11) is 1.39. The Balaban J connectivity index is 0.00000541. The normalized spacial score (nSPS) is 20.2. The van der Waals surface area contributed by atoms with Gasteiger partial charge in [0.1, 0.15) is 30.6 Å². The van der Waals surface area contributed by atoms with Crippen molar-refractivity contribution in [2.45, 2.75) is 84.2 Å². The van der Waals surface area contributed by atoms with Gasteiger partial charge in [-0.3, -0.25) is 9.59 Å². The van der Waals surface area contributed by atoms with Crippen LogP contribution in [0.5, 0.6) is 11.6 Å². The second-order valence-electron chi connectivity index (χ2n) is 13.7. The summed E-state index contributed by atoms with van der Waals surface area (Å²) in [6.45, 7) is 6.37. The number of nitrogens with zero attached hydrogens (tertiary/aromatic N) is 1. The first-order chi connectivity index (χ1) is 23.0. The number of nitrogens with two attached hydrogens (primary N) is 1. The average molecular weight is 693 g/mol. The monoisotopic (exact) mass is 692 g/mol. The van der Waals surface area contributed by atoms with Crippen molar-refractivity contribution in [2.24, 2.45) is 17.3 Å². The van der Waals surface area contributed by atoms with Crippen LogP contribution < -0.4 is 27.2 Å². The van der Waals surface area contributed by atoms with Crippen molar-refractivity contribution in [2.75, 3.05) is 13.7 Å². The second-order valence-corrected chi connectivity index (χ2v) is 13.7. The summed E-state index contributed by atoms with van der Waals surface area (Å²) in [6, 6.07) is 17.3. The van der Waals surface area contributed by atoms with Crippen LogP contribution in [0.2, 0.25) is 0 Å². The van der Waals surface area contributed by atoms with Crippen LogP contribution in [-0.2, 0) is 30.5 Å². The number of carbonyl (C=O) groups excluding carboxylic acids is 2. The van der Waals surface area contributed by atoms with Crippen molar-refractivity contribution in [1.29, 1.82) is 0 Å². The van der Waals surface area contributed by atoms with Crippen molar-refractivity contribution in [1.82, 2.24) is 4.98 Å². The number of carboxylic acid groups (broad SMARTS) is 1. The highest BCUT2D eigenvalue weighted by Gasteiger charge is 2.42. The number of hydrogen-bond donors (Lipinski definition) is 2. The van der Waals surface area contributed by atoms with Crippen LogP contribution in [0.3, 0.4) is 0 Å². The third-order valence-electron chi connectivity index (χ3n) is 8.97. The number of quaternary nitrogens is 1. The molecule has 1 saturated carbocycles. The summed E-state index contributed by atoms with van der Waals surface area (Å²) in [5.74, 6) is 5.32. The van der Waals surface area contributed by atoms with Crippen molar-refractivity contribution in [3.05, 3.63) is 65.7 Å². The lowest BCUT2D eigenvalue weighted by Crippen LogP contribution is -3.00. The SMILES string of the molecule is COC(=O)[C@@H]1C[C@@H](Oc2nc3ccccc3c(OCc3ccccc3)c2C#CCCC[C@@H]2C[C@H]2OC(=O)C[C@H](C(=O)O)C(C)(C)C)C[NH2+]1.[Cl-]. The summed E-state index contributed by atoms with van der Waals surface area (Å²) in [5, 5.41) is 12.3. The van der Waals surface area contributed by atoms with E-state index in [1.165, 1.54) is 7.11 Å². The molecule has 11 heteroatoms. The highest BCUT2D eigenvalue weighted by atomic mass is 35.5. The number of halogens is 1. The molecule has 0 unspecified atom stereocenters. The topological polar surface area (TPSA) is 138 Å². The van der Waals surface area contributed by atoms with Crippen molar-refractivity contribution in [3.8, 4) is 23.5 Å². The maximum atomic E-state index is 12.5. The Morgan fingerprint density at radius 3 is 2.51 bits per heavy atom. The summed E-state index contributed by atoms with van der Waals surface area (Å²) in [5.41, 5.74) is 1.77. The fraction of sp³-hybridized carbons (Fsp3) is 0.474. The Kier molecular flexibility index (Phi) is 12.9. The molecule has 2 fully saturated rings. The first-order valence-corrected chi connectivity index (χ1v) is 16.6. The third kappa shape index (κ3) is 10.1. The van der Waals surface area contributed by atoms with E-state index in [1.807, 2.05) is 80.7 Å². The van der Waals surface area contributed by atoms with Gasteiger partial charge in [0.2, 0.25) is 5.88 Å². The van der Waals surface area contributed by atoms with Gasteiger partial charge in [0, 0.05) is 11.8 Å². The fourth-order valence-corrected chi connectivity index (χ4v) is 6.04. The quantitative estimate of drug-likeness (QED) is 0.156. The number of ether oxygens (including phenoxy) is 4. The maximum Gasteiger partial charge on any atom is 0.364 e. The fourth-order valence-electron chi connectivity index (χ4n) is 6.04. The minimum atomic E-state index is -0.985. The van der Waals surface area contributed by atoms with Gasteiger partial charge in [-0.15, -0.1) is 0 Å². The van der Waals surface area contributed by atoms with Crippen LogP contribution in [0.25, 0.3) is 10.9 Å². The smallest absolute Gasteiger partial charge is 0.364 e. The van der Waals surface area contributed by atoms with Crippen LogP contribution in [0.15, 0.2) is 54.6 Å².